The van der Waals surface area contributed by atoms with Crippen LogP contribution in [0.3, 0.4) is 0 Å². The topological polar surface area (TPSA) is 105 Å². The van der Waals surface area contributed by atoms with Crippen molar-refractivity contribution in [3.8, 4) is 0 Å². The standard InChI is InChI=1S/C20H22N2O5/c1-14-7-9-16(10-8-14)21-18(23)12-11-17(19(24)25)22-20(26)27-13-15-5-3-2-4-6-15/h2-10,17H,11-13H2,1H3,(H,21,23)(H,22,26)(H,24,25)/t17-/m0/s1. The predicted molar refractivity (Wildman–Crippen MR) is 100 cm³/mol. The summed E-state index contributed by atoms with van der Waals surface area (Å²) < 4.78 is 5.01. The van der Waals surface area contributed by atoms with Crippen LogP contribution < -0.4 is 10.6 Å². The number of carboxylic acids is 1. The maximum atomic E-state index is 12.0. The molecule has 7 heteroatoms. The lowest BCUT2D eigenvalue weighted by Gasteiger charge is -2.14. The van der Waals surface area contributed by atoms with Gasteiger partial charge in [-0.1, -0.05) is 48.0 Å². The van der Waals surface area contributed by atoms with E-state index in [1.807, 2.05) is 37.3 Å². The average molecular weight is 370 g/mol. The van der Waals surface area contributed by atoms with Crippen LogP contribution in [0.1, 0.15) is 24.0 Å². The van der Waals surface area contributed by atoms with Gasteiger partial charge in [-0.05, 0) is 31.0 Å². The quantitative estimate of drug-likeness (QED) is 0.662. The molecule has 2 aromatic carbocycles. The van der Waals surface area contributed by atoms with Crippen LogP contribution in [-0.4, -0.2) is 29.1 Å². The number of aliphatic carboxylic acids is 1. The van der Waals surface area contributed by atoms with E-state index in [-0.39, 0.29) is 25.4 Å². The largest absolute Gasteiger partial charge is 0.480 e. The number of hydrogen-bond acceptors (Lipinski definition) is 4. The van der Waals surface area contributed by atoms with E-state index in [1.165, 1.54) is 0 Å². The minimum absolute atomic E-state index is 0.0346. The third-order valence-electron chi connectivity index (χ3n) is 3.80. The van der Waals surface area contributed by atoms with Gasteiger partial charge in [0.2, 0.25) is 5.91 Å². The van der Waals surface area contributed by atoms with Gasteiger partial charge >= 0.3 is 12.1 Å². The summed E-state index contributed by atoms with van der Waals surface area (Å²) >= 11 is 0. The van der Waals surface area contributed by atoms with Crippen molar-refractivity contribution in [1.82, 2.24) is 5.32 Å². The van der Waals surface area contributed by atoms with Crippen LogP contribution in [0, 0.1) is 6.92 Å². The number of benzene rings is 2. The molecular weight excluding hydrogens is 348 g/mol. The normalized spacial score (nSPS) is 11.3. The van der Waals surface area contributed by atoms with Gasteiger partial charge in [-0.25, -0.2) is 9.59 Å². The molecular formula is C20H22N2O5. The van der Waals surface area contributed by atoms with Crippen LogP contribution in [0.4, 0.5) is 10.5 Å². The summed E-state index contributed by atoms with van der Waals surface area (Å²) in [6.07, 6.45) is -0.942. The molecule has 0 spiro atoms. The van der Waals surface area contributed by atoms with Crippen molar-refractivity contribution >= 4 is 23.7 Å². The SMILES string of the molecule is Cc1ccc(NC(=O)CC[C@H](NC(=O)OCc2ccccc2)C(=O)O)cc1. The zero-order valence-electron chi connectivity index (χ0n) is 15.0. The predicted octanol–water partition coefficient (Wildman–Crippen LogP) is 3.09. The highest BCUT2D eigenvalue weighted by Crippen LogP contribution is 2.10. The van der Waals surface area contributed by atoms with Gasteiger partial charge in [0.25, 0.3) is 0 Å². The smallest absolute Gasteiger partial charge is 0.408 e. The van der Waals surface area contributed by atoms with E-state index < -0.39 is 18.1 Å². The van der Waals surface area contributed by atoms with Crippen molar-refractivity contribution in [3.63, 3.8) is 0 Å². The second-order valence-corrected chi connectivity index (χ2v) is 6.05. The van der Waals surface area contributed by atoms with Crippen molar-refractivity contribution in [1.29, 1.82) is 0 Å². The highest BCUT2D eigenvalue weighted by molar-refractivity contribution is 5.91. The van der Waals surface area contributed by atoms with Gasteiger partial charge < -0.3 is 20.5 Å². The van der Waals surface area contributed by atoms with E-state index in [0.717, 1.165) is 11.1 Å². The van der Waals surface area contributed by atoms with Crippen molar-refractivity contribution in [2.45, 2.75) is 32.4 Å². The second kappa shape index (κ2) is 9.96. The van der Waals surface area contributed by atoms with Gasteiger partial charge in [0.15, 0.2) is 0 Å². The summed E-state index contributed by atoms with van der Waals surface area (Å²) in [7, 11) is 0. The van der Waals surface area contributed by atoms with Crippen molar-refractivity contribution in [2.24, 2.45) is 0 Å². The van der Waals surface area contributed by atoms with Crippen LogP contribution in [-0.2, 0) is 20.9 Å². The molecule has 2 rings (SSSR count). The fourth-order valence-corrected chi connectivity index (χ4v) is 2.30. The number of amides is 2. The number of alkyl carbamates (subject to hydrolysis) is 1. The lowest BCUT2D eigenvalue weighted by atomic mass is 10.1. The first kappa shape index (κ1) is 20.0. The highest BCUT2D eigenvalue weighted by atomic mass is 16.5. The van der Waals surface area contributed by atoms with Gasteiger partial charge in [0.05, 0.1) is 0 Å². The Kier molecular flexibility index (Phi) is 7.37. The molecule has 0 saturated carbocycles. The molecule has 142 valence electrons. The average Bonchev–Trinajstić information content (AvgIpc) is 2.66. The number of anilines is 1. The molecule has 0 aliphatic carbocycles. The molecule has 0 aliphatic rings. The lowest BCUT2D eigenvalue weighted by Crippen LogP contribution is -2.41. The molecule has 0 bridgehead atoms. The van der Waals surface area contributed by atoms with E-state index in [9.17, 15) is 19.5 Å². The molecule has 0 aromatic heterocycles. The Labute approximate surface area is 157 Å². The monoisotopic (exact) mass is 370 g/mol. The highest BCUT2D eigenvalue weighted by Gasteiger charge is 2.21. The van der Waals surface area contributed by atoms with E-state index in [2.05, 4.69) is 10.6 Å². The van der Waals surface area contributed by atoms with E-state index in [4.69, 9.17) is 4.74 Å². The summed E-state index contributed by atoms with van der Waals surface area (Å²) in [5.74, 6) is -1.56. The van der Waals surface area contributed by atoms with Crippen LogP contribution in [0.2, 0.25) is 0 Å². The molecule has 1 atom stereocenters. The minimum atomic E-state index is -1.23. The number of carbonyl (C=O) groups is 3. The van der Waals surface area contributed by atoms with Crippen LogP contribution in [0.5, 0.6) is 0 Å². The number of carbonyl (C=O) groups excluding carboxylic acids is 2. The van der Waals surface area contributed by atoms with Crippen molar-refractivity contribution in [2.75, 3.05) is 5.32 Å². The van der Waals surface area contributed by atoms with Gasteiger partial charge in [-0.15, -0.1) is 0 Å². The van der Waals surface area contributed by atoms with E-state index in [0.29, 0.717) is 5.69 Å². The molecule has 0 saturated heterocycles. The Bertz CT molecular complexity index is 775. The van der Waals surface area contributed by atoms with E-state index in [1.54, 1.807) is 24.3 Å². The van der Waals surface area contributed by atoms with Crippen LogP contribution in [0.15, 0.2) is 54.6 Å². The van der Waals surface area contributed by atoms with Crippen molar-refractivity contribution in [3.05, 3.63) is 65.7 Å². The summed E-state index contributed by atoms with van der Waals surface area (Å²) in [5, 5.41) is 14.2. The van der Waals surface area contributed by atoms with Gasteiger partial charge in [0, 0.05) is 12.1 Å². The molecule has 2 aromatic rings. The summed E-state index contributed by atoms with van der Waals surface area (Å²) in [4.78, 5) is 35.1. The molecule has 0 radical (unpaired) electrons. The summed E-state index contributed by atoms with van der Waals surface area (Å²) in [5.41, 5.74) is 2.49. The molecule has 7 nitrogen and oxygen atoms in total. The Morgan fingerprint density at radius 1 is 1.04 bits per heavy atom. The third-order valence-corrected chi connectivity index (χ3v) is 3.80. The van der Waals surface area contributed by atoms with Crippen LogP contribution in [0.25, 0.3) is 0 Å². The third kappa shape index (κ3) is 7.19. The molecule has 2 amide bonds. The maximum Gasteiger partial charge on any atom is 0.408 e. The Hall–Kier alpha value is -3.35. The number of nitrogens with one attached hydrogen (secondary N) is 2. The Morgan fingerprint density at radius 2 is 1.70 bits per heavy atom. The first-order chi connectivity index (χ1) is 12.9. The van der Waals surface area contributed by atoms with Gasteiger partial charge in [0.1, 0.15) is 12.6 Å². The zero-order chi connectivity index (χ0) is 19.6. The molecule has 3 N–H and O–H groups in total. The number of carboxylic acid groups (broad SMARTS) is 1. The first-order valence-corrected chi connectivity index (χ1v) is 8.50. The number of aryl methyl sites for hydroxylation is 1. The summed E-state index contributed by atoms with van der Waals surface area (Å²) in [6.45, 7) is 1.97. The minimum Gasteiger partial charge on any atom is -0.480 e. The maximum absolute atomic E-state index is 12.0. The lowest BCUT2D eigenvalue weighted by molar-refractivity contribution is -0.139. The number of hydrogen-bond donors (Lipinski definition) is 3. The van der Waals surface area contributed by atoms with Gasteiger partial charge in [-0.2, -0.15) is 0 Å². The Balaban J connectivity index is 1.78. The van der Waals surface area contributed by atoms with Gasteiger partial charge in [-0.3, -0.25) is 4.79 Å². The molecule has 0 heterocycles. The van der Waals surface area contributed by atoms with E-state index >= 15 is 0 Å². The molecule has 27 heavy (non-hydrogen) atoms. The molecule has 0 aliphatic heterocycles. The molecule has 0 unspecified atom stereocenters. The first-order valence-electron chi connectivity index (χ1n) is 8.50. The number of rotatable bonds is 8. The number of ether oxygens (including phenoxy) is 1. The van der Waals surface area contributed by atoms with Crippen LogP contribution >= 0.6 is 0 Å². The fourth-order valence-electron chi connectivity index (χ4n) is 2.30. The summed E-state index contributed by atoms with van der Waals surface area (Å²) in [6, 6.07) is 15.1. The molecule has 0 fully saturated rings. The second-order valence-electron chi connectivity index (χ2n) is 6.05. The fraction of sp³-hybridized carbons (Fsp3) is 0.250. The Morgan fingerprint density at radius 3 is 2.33 bits per heavy atom. The van der Waals surface area contributed by atoms with Crippen molar-refractivity contribution < 1.29 is 24.2 Å². The zero-order valence-corrected chi connectivity index (χ0v) is 15.0.